The average Bonchev–Trinajstić information content (AvgIpc) is 2.32. The minimum atomic E-state index is -0.131. The van der Waals surface area contributed by atoms with Gasteiger partial charge in [-0.1, -0.05) is 33.6 Å². The Bertz CT molecular complexity index is 242. The number of nitrogens with one attached hydrogen (secondary N) is 2. The normalized spacial score (nSPS) is 14.7. The van der Waals surface area contributed by atoms with E-state index in [1.54, 1.807) is 0 Å². The van der Waals surface area contributed by atoms with Crippen LogP contribution in [0.3, 0.4) is 0 Å². The quantitative estimate of drug-likeness (QED) is 0.596. The van der Waals surface area contributed by atoms with Crippen LogP contribution in [0.25, 0.3) is 0 Å². The minimum Gasteiger partial charge on any atom is -0.355 e. The largest absolute Gasteiger partial charge is 0.355 e. The molecule has 0 aliphatic rings. The van der Waals surface area contributed by atoms with E-state index >= 15 is 0 Å². The molecule has 4 nitrogen and oxygen atoms in total. The van der Waals surface area contributed by atoms with E-state index in [1.165, 1.54) is 12.8 Å². The number of likely N-dealkylation sites (N-methyl/N-ethyl adjacent to an activating group) is 1. The fourth-order valence-corrected chi connectivity index (χ4v) is 1.99. The summed E-state index contributed by atoms with van der Waals surface area (Å²) in [5.74, 6) is 0.623. The maximum absolute atomic E-state index is 12.0. The van der Waals surface area contributed by atoms with Crippen LogP contribution in [0.5, 0.6) is 0 Å². The van der Waals surface area contributed by atoms with Crippen molar-refractivity contribution in [1.29, 1.82) is 0 Å². The Hall–Kier alpha value is -0.610. The number of hydrogen-bond donors (Lipinski definition) is 2. The first-order valence-corrected chi connectivity index (χ1v) is 7.57. The number of carbonyl (C=O) groups is 1. The molecule has 0 heterocycles. The molecular weight excluding hydrogens is 238 g/mol. The molecule has 0 aliphatic heterocycles. The number of rotatable bonds is 10. The molecule has 0 saturated carbocycles. The molecule has 19 heavy (non-hydrogen) atoms. The van der Waals surface area contributed by atoms with Gasteiger partial charge in [-0.05, 0) is 33.4 Å². The van der Waals surface area contributed by atoms with E-state index in [0.717, 1.165) is 19.5 Å². The number of amides is 1. The van der Waals surface area contributed by atoms with Crippen molar-refractivity contribution in [2.45, 2.75) is 59.0 Å². The van der Waals surface area contributed by atoms with Gasteiger partial charge < -0.3 is 15.5 Å². The molecular formula is C15H33N3O. The Morgan fingerprint density at radius 2 is 1.79 bits per heavy atom. The highest BCUT2D eigenvalue weighted by Gasteiger charge is 2.20. The summed E-state index contributed by atoms with van der Waals surface area (Å²) in [6.45, 7) is 10.2. The van der Waals surface area contributed by atoms with Crippen LogP contribution < -0.4 is 10.6 Å². The molecule has 0 fully saturated rings. The number of hydrogen-bond acceptors (Lipinski definition) is 3. The summed E-state index contributed by atoms with van der Waals surface area (Å²) in [5.41, 5.74) is 0. The molecule has 1 amide bonds. The third-order valence-electron chi connectivity index (χ3n) is 3.30. The highest BCUT2D eigenvalue weighted by molar-refractivity contribution is 5.81. The van der Waals surface area contributed by atoms with Crippen molar-refractivity contribution < 1.29 is 4.79 Å². The van der Waals surface area contributed by atoms with Gasteiger partial charge in [-0.2, -0.15) is 0 Å². The van der Waals surface area contributed by atoms with E-state index in [-0.39, 0.29) is 11.9 Å². The molecule has 0 aromatic rings. The summed E-state index contributed by atoms with van der Waals surface area (Å²) in [6.07, 6.45) is 3.43. The molecule has 0 bridgehead atoms. The van der Waals surface area contributed by atoms with Crippen molar-refractivity contribution in [2.75, 3.05) is 27.2 Å². The van der Waals surface area contributed by atoms with E-state index in [2.05, 4.69) is 50.4 Å². The third-order valence-corrected chi connectivity index (χ3v) is 3.30. The van der Waals surface area contributed by atoms with Gasteiger partial charge in [0.15, 0.2) is 0 Å². The van der Waals surface area contributed by atoms with Gasteiger partial charge >= 0.3 is 0 Å². The standard InChI is InChI=1S/C15H33N3O/c1-7-8-9-10-16-15(19)13(4)17-14(12(2)3)11-18(5)6/h12-14,17H,7-11H2,1-6H3,(H,16,19). The van der Waals surface area contributed by atoms with E-state index in [1.807, 2.05) is 6.92 Å². The summed E-state index contributed by atoms with van der Waals surface area (Å²) in [4.78, 5) is 14.1. The van der Waals surface area contributed by atoms with Crippen LogP contribution in [0.1, 0.15) is 47.0 Å². The Morgan fingerprint density at radius 3 is 2.26 bits per heavy atom. The van der Waals surface area contributed by atoms with Crippen molar-refractivity contribution in [1.82, 2.24) is 15.5 Å². The van der Waals surface area contributed by atoms with Crippen molar-refractivity contribution >= 4 is 5.91 Å². The first kappa shape index (κ1) is 18.4. The summed E-state index contributed by atoms with van der Waals surface area (Å²) >= 11 is 0. The Morgan fingerprint density at radius 1 is 1.16 bits per heavy atom. The maximum atomic E-state index is 12.0. The van der Waals surface area contributed by atoms with Crippen LogP contribution in [0.4, 0.5) is 0 Å². The van der Waals surface area contributed by atoms with Crippen LogP contribution >= 0.6 is 0 Å². The number of nitrogens with zero attached hydrogens (tertiary/aromatic N) is 1. The molecule has 2 N–H and O–H groups in total. The minimum absolute atomic E-state index is 0.112. The topological polar surface area (TPSA) is 44.4 Å². The van der Waals surface area contributed by atoms with Crippen LogP contribution in [0.2, 0.25) is 0 Å². The molecule has 4 heteroatoms. The Balaban J connectivity index is 4.08. The van der Waals surface area contributed by atoms with Gasteiger partial charge in [0, 0.05) is 19.1 Å². The molecule has 0 radical (unpaired) electrons. The van der Waals surface area contributed by atoms with Crippen LogP contribution in [-0.2, 0) is 4.79 Å². The van der Waals surface area contributed by atoms with Crippen LogP contribution in [-0.4, -0.2) is 50.1 Å². The van der Waals surface area contributed by atoms with Gasteiger partial charge in [0.05, 0.1) is 6.04 Å². The first-order valence-electron chi connectivity index (χ1n) is 7.57. The third kappa shape index (κ3) is 9.00. The van der Waals surface area contributed by atoms with Crippen molar-refractivity contribution in [3.05, 3.63) is 0 Å². The van der Waals surface area contributed by atoms with E-state index in [0.29, 0.717) is 12.0 Å². The van der Waals surface area contributed by atoms with Gasteiger partial charge in [0.1, 0.15) is 0 Å². The van der Waals surface area contributed by atoms with Crippen molar-refractivity contribution in [2.24, 2.45) is 5.92 Å². The fourth-order valence-electron chi connectivity index (χ4n) is 1.99. The molecule has 114 valence electrons. The summed E-state index contributed by atoms with van der Waals surface area (Å²) in [5, 5.41) is 6.43. The van der Waals surface area contributed by atoms with Crippen molar-refractivity contribution in [3.8, 4) is 0 Å². The fraction of sp³-hybridized carbons (Fsp3) is 0.933. The highest BCUT2D eigenvalue weighted by Crippen LogP contribution is 2.04. The monoisotopic (exact) mass is 271 g/mol. The van der Waals surface area contributed by atoms with Crippen molar-refractivity contribution in [3.63, 3.8) is 0 Å². The smallest absolute Gasteiger partial charge is 0.236 e. The molecule has 0 rings (SSSR count). The van der Waals surface area contributed by atoms with Gasteiger partial charge in [-0.3, -0.25) is 4.79 Å². The lowest BCUT2D eigenvalue weighted by Crippen LogP contribution is -2.51. The highest BCUT2D eigenvalue weighted by atomic mass is 16.2. The summed E-state index contributed by atoms with van der Waals surface area (Å²) < 4.78 is 0. The molecule has 0 aromatic heterocycles. The molecule has 0 aromatic carbocycles. The van der Waals surface area contributed by atoms with Crippen LogP contribution in [0.15, 0.2) is 0 Å². The molecule has 0 saturated heterocycles. The lowest BCUT2D eigenvalue weighted by Gasteiger charge is -2.28. The summed E-state index contributed by atoms with van der Waals surface area (Å²) in [6, 6.07) is 0.209. The molecule has 2 atom stereocenters. The Kier molecular flexibility index (Phi) is 9.88. The Labute approximate surface area is 119 Å². The zero-order valence-electron chi connectivity index (χ0n) is 13.6. The van der Waals surface area contributed by atoms with Crippen LogP contribution in [0, 0.1) is 5.92 Å². The second-order valence-electron chi connectivity index (χ2n) is 6.00. The van der Waals surface area contributed by atoms with E-state index in [4.69, 9.17) is 0 Å². The lowest BCUT2D eigenvalue weighted by molar-refractivity contribution is -0.123. The van der Waals surface area contributed by atoms with Gasteiger partial charge in [0.2, 0.25) is 5.91 Å². The number of carbonyl (C=O) groups excluding carboxylic acids is 1. The predicted octanol–water partition coefficient (Wildman–Crippen LogP) is 1.86. The van der Waals surface area contributed by atoms with E-state index < -0.39 is 0 Å². The first-order chi connectivity index (χ1) is 8.88. The van der Waals surface area contributed by atoms with Gasteiger partial charge in [-0.25, -0.2) is 0 Å². The molecule has 0 spiro atoms. The SMILES string of the molecule is CCCCCNC(=O)C(C)NC(CN(C)C)C(C)C. The lowest BCUT2D eigenvalue weighted by atomic mass is 10.0. The molecule has 0 aliphatic carbocycles. The average molecular weight is 271 g/mol. The molecule has 2 unspecified atom stereocenters. The maximum Gasteiger partial charge on any atom is 0.236 e. The number of unbranched alkanes of at least 4 members (excludes halogenated alkanes) is 2. The second-order valence-corrected chi connectivity index (χ2v) is 6.00. The zero-order chi connectivity index (χ0) is 14.8. The van der Waals surface area contributed by atoms with Gasteiger partial charge in [0.25, 0.3) is 0 Å². The van der Waals surface area contributed by atoms with Gasteiger partial charge in [-0.15, -0.1) is 0 Å². The zero-order valence-corrected chi connectivity index (χ0v) is 13.6. The predicted molar refractivity (Wildman–Crippen MR) is 82.3 cm³/mol. The second kappa shape index (κ2) is 10.2. The van der Waals surface area contributed by atoms with E-state index in [9.17, 15) is 4.79 Å². The summed E-state index contributed by atoms with van der Waals surface area (Å²) in [7, 11) is 4.12.